The lowest BCUT2D eigenvalue weighted by atomic mass is 9.96. The molecular formula is C16H18FN3O2. The second kappa shape index (κ2) is 5.19. The molecule has 1 aliphatic heterocycles. The second-order valence-electron chi connectivity index (χ2n) is 6.56. The highest BCUT2D eigenvalue weighted by Crippen LogP contribution is 2.33. The predicted octanol–water partition coefficient (Wildman–Crippen LogP) is 3.03. The number of halogens is 1. The Balaban J connectivity index is 1.83. The minimum atomic E-state index is -0.405. The largest absolute Gasteiger partial charge is 0.339 e. The van der Waals surface area contributed by atoms with Gasteiger partial charge in [-0.05, 0) is 12.1 Å². The molecule has 1 unspecified atom stereocenters. The maximum Gasteiger partial charge on any atom is 0.232 e. The normalized spacial score (nSPS) is 19.0. The van der Waals surface area contributed by atoms with Crippen molar-refractivity contribution in [3.8, 4) is 0 Å². The molecule has 1 atom stereocenters. The quantitative estimate of drug-likeness (QED) is 0.855. The highest BCUT2D eigenvalue weighted by Gasteiger charge is 2.36. The van der Waals surface area contributed by atoms with Crippen molar-refractivity contribution in [2.75, 3.05) is 11.4 Å². The van der Waals surface area contributed by atoms with Crippen molar-refractivity contribution >= 4 is 11.6 Å². The van der Waals surface area contributed by atoms with Crippen LogP contribution in [0.4, 0.5) is 10.1 Å². The maximum atomic E-state index is 13.9. The van der Waals surface area contributed by atoms with Gasteiger partial charge >= 0.3 is 0 Å². The van der Waals surface area contributed by atoms with E-state index in [0.29, 0.717) is 23.9 Å². The van der Waals surface area contributed by atoms with E-state index in [1.807, 2.05) is 20.8 Å². The molecule has 0 radical (unpaired) electrons. The number of hydrogen-bond donors (Lipinski definition) is 0. The van der Waals surface area contributed by atoms with Crippen LogP contribution in [0, 0.1) is 5.82 Å². The minimum absolute atomic E-state index is 0.134. The fraction of sp³-hybridized carbons (Fsp3) is 0.438. The zero-order valence-electron chi connectivity index (χ0n) is 12.8. The summed E-state index contributed by atoms with van der Waals surface area (Å²) in [5.74, 6) is 0.315. The van der Waals surface area contributed by atoms with Crippen molar-refractivity contribution in [3.63, 3.8) is 0 Å². The number of carbonyl (C=O) groups excluding carboxylic acids is 1. The van der Waals surface area contributed by atoms with E-state index in [9.17, 15) is 9.18 Å². The van der Waals surface area contributed by atoms with Gasteiger partial charge in [-0.3, -0.25) is 4.79 Å². The lowest BCUT2D eigenvalue weighted by Gasteiger charge is -2.16. The van der Waals surface area contributed by atoms with Gasteiger partial charge in [0.1, 0.15) is 5.82 Å². The molecule has 2 heterocycles. The fourth-order valence-corrected chi connectivity index (χ4v) is 2.48. The van der Waals surface area contributed by atoms with E-state index in [-0.39, 0.29) is 23.7 Å². The molecule has 1 aromatic heterocycles. The third kappa shape index (κ3) is 2.61. The molecule has 5 nitrogen and oxygen atoms in total. The standard InChI is InChI=1S/C16H18FN3O2/c1-16(2,3)15-18-14(22-19-15)10-8-13(21)20(9-10)12-7-5-4-6-11(12)17/h4-7,10H,8-9H2,1-3H3. The Labute approximate surface area is 128 Å². The van der Waals surface area contributed by atoms with Gasteiger partial charge in [0.25, 0.3) is 0 Å². The molecule has 1 aliphatic rings. The van der Waals surface area contributed by atoms with Crippen LogP contribution in [0.25, 0.3) is 0 Å². The maximum absolute atomic E-state index is 13.9. The van der Waals surface area contributed by atoms with Gasteiger partial charge in [-0.1, -0.05) is 38.1 Å². The number of aromatic nitrogens is 2. The zero-order valence-corrected chi connectivity index (χ0v) is 12.8. The number of hydrogen-bond acceptors (Lipinski definition) is 4. The summed E-state index contributed by atoms with van der Waals surface area (Å²) in [6.07, 6.45) is 0.250. The summed E-state index contributed by atoms with van der Waals surface area (Å²) >= 11 is 0. The van der Waals surface area contributed by atoms with Crippen LogP contribution in [0.5, 0.6) is 0 Å². The molecule has 2 aromatic rings. The van der Waals surface area contributed by atoms with Crippen LogP contribution in [-0.4, -0.2) is 22.6 Å². The fourth-order valence-electron chi connectivity index (χ4n) is 2.48. The van der Waals surface area contributed by atoms with Gasteiger partial charge in [0, 0.05) is 18.4 Å². The van der Waals surface area contributed by atoms with Crippen molar-refractivity contribution in [2.24, 2.45) is 0 Å². The second-order valence-corrected chi connectivity index (χ2v) is 6.56. The van der Waals surface area contributed by atoms with E-state index in [1.165, 1.54) is 11.0 Å². The Morgan fingerprint density at radius 2 is 2.05 bits per heavy atom. The van der Waals surface area contributed by atoms with Crippen molar-refractivity contribution < 1.29 is 13.7 Å². The van der Waals surface area contributed by atoms with E-state index in [4.69, 9.17) is 4.52 Å². The Morgan fingerprint density at radius 1 is 1.32 bits per heavy atom. The predicted molar refractivity (Wildman–Crippen MR) is 79.1 cm³/mol. The average molecular weight is 303 g/mol. The van der Waals surface area contributed by atoms with Crippen LogP contribution >= 0.6 is 0 Å². The molecule has 116 valence electrons. The van der Waals surface area contributed by atoms with Crippen LogP contribution in [0.15, 0.2) is 28.8 Å². The summed E-state index contributed by atoms with van der Waals surface area (Å²) in [6.45, 7) is 6.33. The highest BCUT2D eigenvalue weighted by molar-refractivity contribution is 5.96. The summed E-state index contributed by atoms with van der Waals surface area (Å²) in [6, 6.07) is 6.26. The van der Waals surface area contributed by atoms with Crippen LogP contribution in [0.1, 0.15) is 44.8 Å². The molecule has 0 aliphatic carbocycles. The van der Waals surface area contributed by atoms with Gasteiger partial charge < -0.3 is 9.42 Å². The molecule has 1 amide bonds. The van der Waals surface area contributed by atoms with E-state index >= 15 is 0 Å². The number of nitrogens with zero attached hydrogens (tertiary/aromatic N) is 3. The zero-order chi connectivity index (χ0) is 15.9. The number of amides is 1. The first-order valence-electron chi connectivity index (χ1n) is 7.25. The summed E-state index contributed by atoms with van der Waals surface area (Å²) in [7, 11) is 0. The average Bonchev–Trinajstić information content (AvgIpc) is 3.05. The van der Waals surface area contributed by atoms with Crippen LogP contribution in [-0.2, 0) is 10.2 Å². The molecule has 6 heteroatoms. The number of rotatable bonds is 2. The smallest absolute Gasteiger partial charge is 0.232 e. The Bertz CT molecular complexity index is 705. The monoisotopic (exact) mass is 303 g/mol. The molecule has 1 aromatic carbocycles. The highest BCUT2D eigenvalue weighted by atomic mass is 19.1. The van der Waals surface area contributed by atoms with Gasteiger partial charge in [-0.15, -0.1) is 0 Å². The van der Waals surface area contributed by atoms with Gasteiger partial charge in [0.2, 0.25) is 11.8 Å². The molecule has 0 bridgehead atoms. The first kappa shape index (κ1) is 14.7. The van der Waals surface area contributed by atoms with Crippen LogP contribution in [0.3, 0.4) is 0 Å². The van der Waals surface area contributed by atoms with Crippen molar-refractivity contribution in [1.82, 2.24) is 10.1 Å². The third-order valence-corrected chi connectivity index (χ3v) is 3.73. The molecule has 0 spiro atoms. The Morgan fingerprint density at radius 3 is 2.68 bits per heavy atom. The first-order valence-corrected chi connectivity index (χ1v) is 7.25. The van der Waals surface area contributed by atoms with Crippen LogP contribution in [0.2, 0.25) is 0 Å². The van der Waals surface area contributed by atoms with Crippen molar-refractivity contribution in [2.45, 2.75) is 38.5 Å². The van der Waals surface area contributed by atoms with Gasteiger partial charge in [-0.2, -0.15) is 4.98 Å². The van der Waals surface area contributed by atoms with Gasteiger partial charge in [-0.25, -0.2) is 4.39 Å². The van der Waals surface area contributed by atoms with E-state index in [0.717, 1.165) is 0 Å². The number of carbonyl (C=O) groups is 1. The molecule has 0 saturated carbocycles. The lowest BCUT2D eigenvalue weighted by molar-refractivity contribution is -0.117. The molecule has 22 heavy (non-hydrogen) atoms. The third-order valence-electron chi connectivity index (χ3n) is 3.73. The first-order chi connectivity index (χ1) is 10.4. The molecule has 1 saturated heterocycles. The number of benzene rings is 1. The minimum Gasteiger partial charge on any atom is -0.339 e. The Hall–Kier alpha value is -2.24. The molecule has 1 fully saturated rings. The van der Waals surface area contributed by atoms with E-state index < -0.39 is 5.82 Å². The molecule has 3 rings (SSSR count). The van der Waals surface area contributed by atoms with E-state index in [1.54, 1.807) is 18.2 Å². The van der Waals surface area contributed by atoms with Crippen molar-refractivity contribution in [3.05, 3.63) is 41.8 Å². The SMILES string of the molecule is CC(C)(C)c1noc(C2CC(=O)N(c3ccccc3F)C2)n1. The summed E-state index contributed by atoms with van der Waals surface area (Å²) in [5, 5.41) is 3.98. The summed E-state index contributed by atoms with van der Waals surface area (Å²) < 4.78 is 19.2. The number of anilines is 1. The van der Waals surface area contributed by atoms with Gasteiger partial charge in [0.15, 0.2) is 5.82 Å². The molecule has 0 N–H and O–H groups in total. The Kier molecular flexibility index (Phi) is 3.47. The van der Waals surface area contributed by atoms with Crippen LogP contribution < -0.4 is 4.90 Å². The van der Waals surface area contributed by atoms with Gasteiger partial charge in [0.05, 0.1) is 11.6 Å². The summed E-state index contributed by atoms with van der Waals surface area (Å²) in [4.78, 5) is 18.0. The topological polar surface area (TPSA) is 59.2 Å². The van der Waals surface area contributed by atoms with Crippen molar-refractivity contribution in [1.29, 1.82) is 0 Å². The number of para-hydroxylation sites is 1. The summed E-state index contributed by atoms with van der Waals surface area (Å²) in [5.41, 5.74) is 0.0841. The van der Waals surface area contributed by atoms with E-state index in [2.05, 4.69) is 10.1 Å². The molecular weight excluding hydrogens is 285 g/mol. The lowest BCUT2D eigenvalue weighted by Crippen LogP contribution is -2.25.